The maximum absolute atomic E-state index is 2.52. The molecule has 3 atom stereocenters. The lowest BCUT2D eigenvalue weighted by atomic mass is 9.68. The Morgan fingerprint density at radius 2 is 1.62 bits per heavy atom. The molecule has 13 heavy (non-hydrogen) atoms. The summed E-state index contributed by atoms with van der Waals surface area (Å²) in [4.78, 5) is 0. The van der Waals surface area contributed by atoms with Crippen molar-refractivity contribution in [2.24, 2.45) is 28.1 Å². The molecule has 0 heterocycles. The maximum Gasteiger partial charge on any atom is -0.0150 e. The fourth-order valence-corrected chi connectivity index (χ4v) is 5.30. The van der Waals surface area contributed by atoms with Crippen LogP contribution in [0.5, 0.6) is 0 Å². The molecule has 0 spiro atoms. The van der Waals surface area contributed by atoms with Crippen LogP contribution in [0.3, 0.4) is 0 Å². The van der Waals surface area contributed by atoms with Crippen LogP contribution in [0.4, 0.5) is 0 Å². The van der Waals surface area contributed by atoms with Crippen LogP contribution in [0.25, 0.3) is 0 Å². The van der Waals surface area contributed by atoms with Crippen molar-refractivity contribution in [2.75, 3.05) is 0 Å². The summed E-state index contributed by atoms with van der Waals surface area (Å²) in [5.74, 6) is 1.90. The van der Waals surface area contributed by atoms with Crippen LogP contribution in [-0.4, -0.2) is 0 Å². The van der Waals surface area contributed by atoms with Crippen molar-refractivity contribution < 1.29 is 0 Å². The van der Waals surface area contributed by atoms with Crippen LogP contribution in [0.15, 0.2) is 0 Å². The van der Waals surface area contributed by atoms with Crippen LogP contribution >= 0.6 is 0 Å². The van der Waals surface area contributed by atoms with E-state index in [9.17, 15) is 0 Å². The summed E-state index contributed by atoms with van der Waals surface area (Å²) in [5, 5.41) is 0. The Morgan fingerprint density at radius 1 is 1.15 bits per heavy atom. The lowest BCUT2D eigenvalue weighted by molar-refractivity contribution is 0.119. The van der Waals surface area contributed by atoms with Gasteiger partial charge in [0.15, 0.2) is 0 Å². The Bertz CT molecular complexity index is 226. The van der Waals surface area contributed by atoms with Gasteiger partial charge in [0.05, 0.1) is 0 Å². The second-order valence-electron chi connectivity index (χ2n) is 5.76. The van der Waals surface area contributed by atoms with E-state index in [1.807, 2.05) is 0 Å². The van der Waals surface area contributed by atoms with Crippen molar-refractivity contribution in [2.45, 2.75) is 54.4 Å². The second-order valence-corrected chi connectivity index (χ2v) is 5.76. The topological polar surface area (TPSA) is 0 Å². The van der Waals surface area contributed by atoms with Crippen molar-refractivity contribution in [3.63, 3.8) is 0 Å². The number of rotatable bonds is 3. The highest BCUT2D eigenvalue weighted by Gasteiger charge is 2.98. The van der Waals surface area contributed by atoms with Gasteiger partial charge in [-0.25, -0.2) is 0 Å². The van der Waals surface area contributed by atoms with E-state index in [-0.39, 0.29) is 0 Å². The van der Waals surface area contributed by atoms with Gasteiger partial charge in [0.2, 0.25) is 0 Å². The van der Waals surface area contributed by atoms with Gasteiger partial charge in [0.25, 0.3) is 0 Å². The third kappa shape index (κ3) is 0.567. The third-order valence-corrected chi connectivity index (χ3v) is 6.53. The van der Waals surface area contributed by atoms with Crippen LogP contribution in [0.2, 0.25) is 0 Å². The maximum atomic E-state index is 2.52. The Kier molecular flexibility index (Phi) is 1.58. The molecule has 0 bridgehead atoms. The minimum absolute atomic E-state index is 0.699. The zero-order valence-corrected chi connectivity index (χ0v) is 10.1. The Morgan fingerprint density at radius 3 is 1.85 bits per heavy atom. The predicted octanol–water partition coefficient (Wildman–Crippen LogP) is 4.10. The largest absolute Gasteiger partial charge is 0.0651 e. The molecule has 0 heteroatoms. The van der Waals surface area contributed by atoms with E-state index in [4.69, 9.17) is 0 Å². The molecule has 0 aromatic rings. The average molecular weight is 180 g/mol. The Balaban J connectivity index is 2.26. The highest BCUT2D eigenvalue weighted by molar-refractivity contribution is 5.44. The van der Waals surface area contributed by atoms with Gasteiger partial charge < -0.3 is 0 Å². The van der Waals surface area contributed by atoms with Gasteiger partial charge in [0, 0.05) is 0 Å². The summed E-state index contributed by atoms with van der Waals surface area (Å²) in [6.45, 7) is 14.7. The summed E-state index contributed by atoms with van der Waals surface area (Å²) >= 11 is 0. The van der Waals surface area contributed by atoms with E-state index < -0.39 is 0 Å². The summed E-state index contributed by atoms with van der Waals surface area (Å²) in [7, 11) is 0. The van der Waals surface area contributed by atoms with E-state index in [1.165, 1.54) is 12.8 Å². The number of fused-ring (bicyclic) bond motifs is 1. The highest BCUT2D eigenvalue weighted by atomic mass is 15.0. The highest BCUT2D eigenvalue weighted by Crippen LogP contribution is 3.02. The Labute approximate surface area is 83.1 Å². The van der Waals surface area contributed by atoms with Crippen molar-refractivity contribution in [3.05, 3.63) is 0 Å². The quantitative estimate of drug-likeness (QED) is 0.613. The molecule has 0 nitrogen and oxygen atoms in total. The zero-order chi connectivity index (χ0) is 10.1. The fourth-order valence-electron chi connectivity index (χ4n) is 5.30. The average Bonchev–Trinajstić information content (AvgIpc) is 2.79. The molecule has 0 aromatic heterocycles. The molecule has 2 fully saturated rings. The van der Waals surface area contributed by atoms with Crippen molar-refractivity contribution in [1.29, 1.82) is 0 Å². The van der Waals surface area contributed by atoms with Crippen LogP contribution in [0.1, 0.15) is 54.4 Å². The standard InChI is InChI=1S/C13H24/c1-7-9(3)13(8-2)11(5)10(4)12(11,13)6/h9-10H,7-8H2,1-6H3. The van der Waals surface area contributed by atoms with Crippen molar-refractivity contribution >= 4 is 0 Å². The lowest BCUT2D eigenvalue weighted by Crippen LogP contribution is -2.30. The molecule has 2 rings (SSSR count). The van der Waals surface area contributed by atoms with Crippen molar-refractivity contribution in [3.8, 4) is 0 Å². The number of hydrogen-bond donors (Lipinski definition) is 0. The molecule has 0 amide bonds. The zero-order valence-electron chi connectivity index (χ0n) is 10.1. The summed E-state index contributed by atoms with van der Waals surface area (Å²) in [6.07, 6.45) is 2.74. The molecule has 2 saturated carbocycles. The van der Waals surface area contributed by atoms with Gasteiger partial charge in [-0.1, -0.05) is 48.0 Å². The predicted molar refractivity (Wildman–Crippen MR) is 57.6 cm³/mol. The fraction of sp³-hybridized carbons (Fsp3) is 1.00. The van der Waals surface area contributed by atoms with Crippen LogP contribution < -0.4 is 0 Å². The first kappa shape index (κ1) is 9.55. The van der Waals surface area contributed by atoms with Gasteiger partial charge in [-0.3, -0.25) is 0 Å². The Hall–Kier alpha value is 0. The van der Waals surface area contributed by atoms with Gasteiger partial charge in [-0.05, 0) is 34.5 Å². The van der Waals surface area contributed by atoms with E-state index in [2.05, 4.69) is 41.5 Å². The molecule has 0 aliphatic heterocycles. The van der Waals surface area contributed by atoms with Gasteiger partial charge in [0.1, 0.15) is 0 Å². The SMILES string of the molecule is CCC(C)C1(CC)C2(C)C(C)C21C. The van der Waals surface area contributed by atoms with E-state index in [0.29, 0.717) is 16.2 Å². The van der Waals surface area contributed by atoms with E-state index in [0.717, 1.165) is 11.8 Å². The first-order chi connectivity index (χ1) is 5.95. The molecule has 3 unspecified atom stereocenters. The summed E-state index contributed by atoms with van der Waals surface area (Å²) < 4.78 is 0. The first-order valence-corrected chi connectivity index (χ1v) is 5.95. The molecule has 0 radical (unpaired) electrons. The molecule has 76 valence electrons. The van der Waals surface area contributed by atoms with Crippen LogP contribution in [0, 0.1) is 28.1 Å². The summed E-state index contributed by atoms with van der Waals surface area (Å²) in [6, 6.07) is 0. The molecule has 0 aromatic carbocycles. The molecule has 2 aliphatic carbocycles. The summed E-state index contributed by atoms with van der Waals surface area (Å²) in [5.41, 5.74) is 2.10. The molecule has 0 N–H and O–H groups in total. The smallest absolute Gasteiger partial charge is 0.0150 e. The van der Waals surface area contributed by atoms with E-state index in [1.54, 1.807) is 0 Å². The van der Waals surface area contributed by atoms with Crippen LogP contribution in [-0.2, 0) is 0 Å². The molecular formula is C13H24. The molecule has 2 aliphatic rings. The lowest BCUT2D eigenvalue weighted by Gasteiger charge is -2.36. The van der Waals surface area contributed by atoms with Crippen molar-refractivity contribution in [1.82, 2.24) is 0 Å². The monoisotopic (exact) mass is 180 g/mol. The van der Waals surface area contributed by atoms with E-state index >= 15 is 0 Å². The van der Waals surface area contributed by atoms with Gasteiger partial charge in [-0.2, -0.15) is 0 Å². The second kappa shape index (κ2) is 2.15. The third-order valence-electron chi connectivity index (χ3n) is 6.53. The minimum atomic E-state index is 0.699. The molecule has 0 saturated heterocycles. The van der Waals surface area contributed by atoms with Gasteiger partial charge >= 0.3 is 0 Å². The minimum Gasteiger partial charge on any atom is -0.0651 e. The normalized spacial score (nSPS) is 60.0. The number of hydrogen-bond acceptors (Lipinski definition) is 0. The first-order valence-electron chi connectivity index (χ1n) is 5.95. The molecular weight excluding hydrogens is 156 g/mol. The van der Waals surface area contributed by atoms with Gasteiger partial charge in [-0.15, -0.1) is 0 Å².